The summed E-state index contributed by atoms with van der Waals surface area (Å²) >= 11 is 1.54. The highest BCUT2D eigenvalue weighted by Crippen LogP contribution is 2.35. The minimum Gasteiger partial charge on any atom is -0.507 e. The van der Waals surface area contributed by atoms with Crippen molar-refractivity contribution in [2.45, 2.75) is 0 Å². The van der Waals surface area contributed by atoms with Gasteiger partial charge in [-0.2, -0.15) is 5.26 Å². The molecule has 0 bridgehead atoms. The number of fused-ring (bicyclic) bond motifs is 1. The molecule has 5 heteroatoms. The van der Waals surface area contributed by atoms with Crippen LogP contribution in [0.4, 0.5) is 0 Å². The Bertz CT molecular complexity index is 906. The number of carboxylic acids is 1. The third-order valence-corrected chi connectivity index (χ3v) is 4.18. The minimum absolute atomic E-state index is 0.141. The number of rotatable bonds is 2. The standard InChI is InChI=1S/C16H9NO3S/c17-8-9-5-11-3-4-21-15(11)13(6-9)10-1-2-12(16(19)20)14(18)7-10/h1-7,18H,(H,19,20). The fourth-order valence-corrected chi connectivity index (χ4v) is 3.16. The molecule has 2 aromatic carbocycles. The molecule has 3 rings (SSSR count). The van der Waals surface area contributed by atoms with Crippen molar-refractivity contribution in [1.29, 1.82) is 5.26 Å². The smallest absolute Gasteiger partial charge is 0.339 e. The molecule has 0 saturated heterocycles. The van der Waals surface area contributed by atoms with Gasteiger partial charge in [-0.05, 0) is 46.7 Å². The Hall–Kier alpha value is -2.84. The van der Waals surface area contributed by atoms with E-state index in [0.29, 0.717) is 11.1 Å². The van der Waals surface area contributed by atoms with E-state index in [1.54, 1.807) is 18.2 Å². The van der Waals surface area contributed by atoms with Crippen molar-refractivity contribution < 1.29 is 15.0 Å². The zero-order chi connectivity index (χ0) is 15.0. The van der Waals surface area contributed by atoms with Gasteiger partial charge in [0.15, 0.2) is 0 Å². The van der Waals surface area contributed by atoms with Gasteiger partial charge in [-0.3, -0.25) is 0 Å². The summed E-state index contributed by atoms with van der Waals surface area (Å²) in [6.45, 7) is 0. The van der Waals surface area contributed by atoms with Crippen LogP contribution in [0.5, 0.6) is 5.75 Å². The van der Waals surface area contributed by atoms with Gasteiger partial charge in [-0.25, -0.2) is 4.79 Å². The van der Waals surface area contributed by atoms with Gasteiger partial charge in [-0.1, -0.05) is 6.07 Å². The SMILES string of the molecule is N#Cc1cc(-c2ccc(C(=O)O)c(O)c2)c2sccc2c1. The number of hydrogen-bond acceptors (Lipinski definition) is 4. The van der Waals surface area contributed by atoms with Crippen LogP contribution in [0, 0.1) is 11.3 Å². The molecular formula is C16H9NO3S. The van der Waals surface area contributed by atoms with E-state index in [2.05, 4.69) is 6.07 Å². The summed E-state index contributed by atoms with van der Waals surface area (Å²) in [5, 5.41) is 30.8. The number of hydrogen-bond donors (Lipinski definition) is 2. The fourth-order valence-electron chi connectivity index (χ4n) is 2.24. The van der Waals surface area contributed by atoms with Crippen molar-refractivity contribution >= 4 is 27.4 Å². The van der Waals surface area contributed by atoms with Crippen molar-refractivity contribution in [1.82, 2.24) is 0 Å². The molecule has 4 nitrogen and oxygen atoms in total. The van der Waals surface area contributed by atoms with Gasteiger partial charge in [0.2, 0.25) is 0 Å². The molecule has 0 radical (unpaired) electrons. The van der Waals surface area contributed by atoms with Crippen LogP contribution in [-0.2, 0) is 0 Å². The number of nitrogens with zero attached hydrogens (tertiary/aromatic N) is 1. The van der Waals surface area contributed by atoms with Crippen LogP contribution in [0.1, 0.15) is 15.9 Å². The number of phenols is 1. The lowest BCUT2D eigenvalue weighted by Gasteiger charge is -2.07. The normalized spacial score (nSPS) is 10.4. The maximum absolute atomic E-state index is 10.9. The Morgan fingerprint density at radius 3 is 2.67 bits per heavy atom. The van der Waals surface area contributed by atoms with E-state index in [4.69, 9.17) is 10.4 Å². The van der Waals surface area contributed by atoms with Crippen molar-refractivity contribution in [2.75, 3.05) is 0 Å². The number of carboxylic acid groups (broad SMARTS) is 1. The van der Waals surface area contributed by atoms with Crippen LogP contribution >= 0.6 is 11.3 Å². The molecule has 2 N–H and O–H groups in total. The zero-order valence-electron chi connectivity index (χ0n) is 10.7. The zero-order valence-corrected chi connectivity index (χ0v) is 11.5. The third-order valence-electron chi connectivity index (χ3n) is 3.22. The van der Waals surface area contributed by atoms with Crippen LogP contribution in [0.3, 0.4) is 0 Å². The van der Waals surface area contributed by atoms with E-state index < -0.39 is 5.97 Å². The Morgan fingerprint density at radius 2 is 2.00 bits per heavy atom. The molecule has 0 spiro atoms. The minimum atomic E-state index is -1.17. The van der Waals surface area contributed by atoms with Crippen LogP contribution in [0.2, 0.25) is 0 Å². The molecule has 1 aromatic heterocycles. The highest BCUT2D eigenvalue weighted by atomic mass is 32.1. The first-order valence-electron chi connectivity index (χ1n) is 6.08. The van der Waals surface area contributed by atoms with Crippen molar-refractivity contribution in [2.24, 2.45) is 0 Å². The molecule has 0 unspecified atom stereocenters. The number of nitriles is 1. The van der Waals surface area contributed by atoms with Gasteiger partial charge in [0.25, 0.3) is 0 Å². The van der Waals surface area contributed by atoms with Gasteiger partial charge in [0.1, 0.15) is 11.3 Å². The Balaban J connectivity index is 2.25. The molecule has 0 aliphatic rings. The number of aromatic hydroxyl groups is 1. The number of carbonyl (C=O) groups is 1. The predicted octanol–water partition coefficient (Wildman–Crippen LogP) is 3.84. The largest absolute Gasteiger partial charge is 0.507 e. The molecule has 3 aromatic rings. The van der Waals surface area contributed by atoms with Crippen LogP contribution < -0.4 is 0 Å². The van der Waals surface area contributed by atoms with Crippen LogP contribution in [0.15, 0.2) is 41.8 Å². The van der Waals surface area contributed by atoms with E-state index in [1.165, 1.54) is 23.5 Å². The first kappa shape index (κ1) is 13.2. The molecule has 0 saturated carbocycles. The average molecular weight is 295 g/mol. The van der Waals surface area contributed by atoms with Crippen molar-refractivity contribution in [3.63, 3.8) is 0 Å². The molecule has 102 valence electrons. The van der Waals surface area contributed by atoms with Gasteiger partial charge < -0.3 is 10.2 Å². The molecule has 0 fully saturated rings. The maximum atomic E-state index is 10.9. The maximum Gasteiger partial charge on any atom is 0.339 e. The summed E-state index contributed by atoms with van der Waals surface area (Å²) in [6.07, 6.45) is 0. The monoisotopic (exact) mass is 295 g/mol. The van der Waals surface area contributed by atoms with Crippen molar-refractivity contribution in [3.8, 4) is 22.9 Å². The Morgan fingerprint density at radius 1 is 1.19 bits per heavy atom. The Labute approximate surface area is 124 Å². The first-order chi connectivity index (χ1) is 10.1. The quantitative estimate of drug-likeness (QED) is 0.752. The predicted molar refractivity (Wildman–Crippen MR) is 80.6 cm³/mol. The van der Waals surface area contributed by atoms with Crippen LogP contribution in [0.25, 0.3) is 21.2 Å². The summed E-state index contributed by atoms with van der Waals surface area (Å²) in [5.74, 6) is -1.46. The highest BCUT2D eigenvalue weighted by Gasteiger charge is 2.13. The summed E-state index contributed by atoms with van der Waals surface area (Å²) in [7, 11) is 0. The molecular weight excluding hydrogens is 286 g/mol. The molecule has 0 amide bonds. The fraction of sp³-hybridized carbons (Fsp3) is 0. The topological polar surface area (TPSA) is 81.3 Å². The summed E-state index contributed by atoms with van der Waals surface area (Å²) in [4.78, 5) is 10.9. The Kier molecular flexibility index (Phi) is 3.09. The second kappa shape index (κ2) is 4.93. The third kappa shape index (κ3) is 2.22. The second-order valence-corrected chi connectivity index (χ2v) is 5.43. The van der Waals surface area contributed by atoms with E-state index >= 15 is 0 Å². The number of thiophene rings is 1. The number of aromatic carboxylic acids is 1. The van der Waals surface area contributed by atoms with Crippen molar-refractivity contribution in [3.05, 3.63) is 52.9 Å². The second-order valence-electron chi connectivity index (χ2n) is 4.51. The van der Waals surface area contributed by atoms with E-state index in [1.807, 2.05) is 11.4 Å². The molecule has 1 heterocycles. The molecule has 0 aliphatic carbocycles. The van der Waals surface area contributed by atoms with Gasteiger partial charge in [0, 0.05) is 10.3 Å². The summed E-state index contributed by atoms with van der Waals surface area (Å²) in [6, 6.07) is 12.0. The van der Waals surface area contributed by atoms with Gasteiger partial charge >= 0.3 is 5.97 Å². The van der Waals surface area contributed by atoms with E-state index in [0.717, 1.165) is 15.6 Å². The number of benzene rings is 2. The van der Waals surface area contributed by atoms with Gasteiger partial charge in [-0.15, -0.1) is 11.3 Å². The lowest BCUT2D eigenvalue weighted by Crippen LogP contribution is -1.96. The molecule has 0 aliphatic heterocycles. The van der Waals surface area contributed by atoms with Gasteiger partial charge in [0.05, 0.1) is 11.6 Å². The highest BCUT2D eigenvalue weighted by molar-refractivity contribution is 7.17. The molecule has 21 heavy (non-hydrogen) atoms. The van der Waals surface area contributed by atoms with E-state index in [-0.39, 0.29) is 11.3 Å². The van der Waals surface area contributed by atoms with Crippen LogP contribution in [-0.4, -0.2) is 16.2 Å². The lowest BCUT2D eigenvalue weighted by atomic mass is 9.99. The summed E-state index contributed by atoms with van der Waals surface area (Å²) < 4.78 is 0.997. The first-order valence-corrected chi connectivity index (χ1v) is 6.96. The average Bonchev–Trinajstić information content (AvgIpc) is 2.93. The summed E-state index contributed by atoms with van der Waals surface area (Å²) in [5.41, 5.74) is 1.88. The van der Waals surface area contributed by atoms with E-state index in [9.17, 15) is 9.90 Å². The molecule has 0 atom stereocenters. The lowest BCUT2D eigenvalue weighted by molar-refractivity contribution is 0.0694.